The zero-order valence-corrected chi connectivity index (χ0v) is 10.4. The molecule has 1 N–H and O–H groups in total. The number of carbonyl (C=O) groups is 1. The molecule has 1 amide bonds. The minimum atomic E-state index is -0.388. The molecule has 0 radical (unpaired) electrons. The first-order valence-electron chi connectivity index (χ1n) is 4.83. The van der Waals surface area contributed by atoms with Crippen LogP contribution in [0.3, 0.4) is 0 Å². The normalized spacial score (nSPS) is 11.9. The highest BCUT2D eigenvalue weighted by molar-refractivity contribution is 9.10. The fourth-order valence-electron chi connectivity index (χ4n) is 1.25. The lowest BCUT2D eigenvalue weighted by atomic mass is 10.1. The second kappa shape index (κ2) is 5.75. The molecule has 1 unspecified atom stereocenters. The minimum Gasteiger partial charge on any atom is -0.450 e. The van der Waals surface area contributed by atoms with Gasteiger partial charge in [-0.2, -0.15) is 0 Å². The molecule has 15 heavy (non-hydrogen) atoms. The number of nitrogens with one attached hydrogen (secondary N) is 1. The van der Waals surface area contributed by atoms with E-state index < -0.39 is 0 Å². The summed E-state index contributed by atoms with van der Waals surface area (Å²) in [7, 11) is 0. The van der Waals surface area contributed by atoms with Crippen molar-refractivity contribution in [2.45, 2.75) is 19.9 Å². The molecule has 0 bridgehead atoms. The van der Waals surface area contributed by atoms with E-state index >= 15 is 0 Å². The molecule has 0 aliphatic heterocycles. The number of rotatable bonds is 3. The highest BCUT2D eigenvalue weighted by atomic mass is 79.9. The standard InChI is InChI=1S/C11H14BrNO2/c1-3-15-11(14)13-8(2)9-6-4-5-7-10(9)12/h4-8H,3H2,1-2H3,(H,13,14). The Morgan fingerprint density at radius 3 is 2.80 bits per heavy atom. The van der Waals surface area contributed by atoms with E-state index in [0.29, 0.717) is 6.61 Å². The van der Waals surface area contributed by atoms with Crippen LogP contribution in [-0.2, 0) is 4.74 Å². The van der Waals surface area contributed by atoms with Gasteiger partial charge < -0.3 is 10.1 Å². The summed E-state index contributed by atoms with van der Waals surface area (Å²) in [5.41, 5.74) is 1.03. The number of carbonyl (C=O) groups excluding carboxylic acids is 1. The number of alkyl carbamates (subject to hydrolysis) is 1. The van der Waals surface area contributed by atoms with Crippen LogP contribution in [0, 0.1) is 0 Å². The Morgan fingerprint density at radius 1 is 1.53 bits per heavy atom. The zero-order valence-electron chi connectivity index (χ0n) is 8.79. The summed E-state index contributed by atoms with van der Waals surface area (Å²) < 4.78 is 5.79. The molecule has 1 aromatic rings. The van der Waals surface area contributed by atoms with E-state index in [1.807, 2.05) is 31.2 Å². The van der Waals surface area contributed by atoms with Gasteiger partial charge in [-0.1, -0.05) is 34.1 Å². The van der Waals surface area contributed by atoms with Crippen LogP contribution in [0.25, 0.3) is 0 Å². The average Bonchev–Trinajstić information content (AvgIpc) is 2.18. The second-order valence-electron chi connectivity index (χ2n) is 3.11. The zero-order chi connectivity index (χ0) is 11.3. The lowest BCUT2D eigenvalue weighted by molar-refractivity contribution is 0.149. The van der Waals surface area contributed by atoms with Crippen molar-refractivity contribution in [1.82, 2.24) is 5.32 Å². The van der Waals surface area contributed by atoms with E-state index in [9.17, 15) is 4.79 Å². The Labute approximate surface area is 97.9 Å². The van der Waals surface area contributed by atoms with Crippen LogP contribution in [0.4, 0.5) is 4.79 Å². The summed E-state index contributed by atoms with van der Waals surface area (Å²) in [5, 5.41) is 2.75. The van der Waals surface area contributed by atoms with Crippen molar-refractivity contribution >= 4 is 22.0 Å². The van der Waals surface area contributed by atoms with Gasteiger partial charge in [0.05, 0.1) is 12.6 Å². The fraction of sp³-hybridized carbons (Fsp3) is 0.364. The predicted octanol–water partition coefficient (Wildman–Crippen LogP) is 3.26. The van der Waals surface area contributed by atoms with E-state index in [4.69, 9.17) is 4.74 Å². The van der Waals surface area contributed by atoms with Gasteiger partial charge in [-0.15, -0.1) is 0 Å². The van der Waals surface area contributed by atoms with Crippen molar-refractivity contribution in [2.75, 3.05) is 6.61 Å². The molecular weight excluding hydrogens is 258 g/mol. The van der Waals surface area contributed by atoms with Gasteiger partial charge in [0.2, 0.25) is 0 Å². The van der Waals surface area contributed by atoms with Gasteiger partial charge in [0.25, 0.3) is 0 Å². The molecule has 1 rings (SSSR count). The molecule has 0 fully saturated rings. The SMILES string of the molecule is CCOC(=O)NC(C)c1ccccc1Br. The third-order valence-electron chi connectivity index (χ3n) is 1.98. The number of halogens is 1. The van der Waals surface area contributed by atoms with Gasteiger partial charge in [-0.3, -0.25) is 0 Å². The van der Waals surface area contributed by atoms with Crippen molar-refractivity contribution in [3.63, 3.8) is 0 Å². The Kier molecular flexibility index (Phi) is 4.62. The summed E-state index contributed by atoms with van der Waals surface area (Å²) >= 11 is 3.43. The number of benzene rings is 1. The summed E-state index contributed by atoms with van der Waals surface area (Å²) in [4.78, 5) is 11.2. The van der Waals surface area contributed by atoms with Crippen molar-refractivity contribution in [3.8, 4) is 0 Å². The maximum atomic E-state index is 11.2. The van der Waals surface area contributed by atoms with Gasteiger partial charge >= 0.3 is 6.09 Å². The van der Waals surface area contributed by atoms with Crippen LogP contribution in [-0.4, -0.2) is 12.7 Å². The third-order valence-corrected chi connectivity index (χ3v) is 2.70. The summed E-state index contributed by atoms with van der Waals surface area (Å²) in [6.07, 6.45) is -0.388. The Bertz CT molecular complexity index is 341. The third kappa shape index (κ3) is 3.55. The molecular formula is C11H14BrNO2. The maximum absolute atomic E-state index is 11.2. The average molecular weight is 272 g/mol. The molecule has 1 atom stereocenters. The molecule has 1 aromatic carbocycles. The van der Waals surface area contributed by atoms with E-state index in [2.05, 4.69) is 21.2 Å². The number of amides is 1. The smallest absolute Gasteiger partial charge is 0.407 e. The van der Waals surface area contributed by atoms with Crippen LogP contribution in [0.1, 0.15) is 25.5 Å². The van der Waals surface area contributed by atoms with Crippen LogP contribution in [0.5, 0.6) is 0 Å². The topological polar surface area (TPSA) is 38.3 Å². The van der Waals surface area contributed by atoms with Crippen molar-refractivity contribution in [1.29, 1.82) is 0 Å². The predicted molar refractivity (Wildman–Crippen MR) is 62.7 cm³/mol. The number of hydrogen-bond acceptors (Lipinski definition) is 2. The van der Waals surface area contributed by atoms with Gasteiger partial charge in [0.1, 0.15) is 0 Å². The van der Waals surface area contributed by atoms with E-state index in [1.54, 1.807) is 6.92 Å². The van der Waals surface area contributed by atoms with E-state index in [-0.39, 0.29) is 12.1 Å². The summed E-state index contributed by atoms with van der Waals surface area (Å²) in [6.45, 7) is 4.08. The maximum Gasteiger partial charge on any atom is 0.407 e. The Balaban J connectivity index is 2.65. The molecule has 0 saturated carbocycles. The minimum absolute atomic E-state index is 0.0698. The molecule has 4 heteroatoms. The van der Waals surface area contributed by atoms with Gasteiger partial charge in [0, 0.05) is 4.47 Å². The van der Waals surface area contributed by atoms with Crippen molar-refractivity contribution < 1.29 is 9.53 Å². The van der Waals surface area contributed by atoms with Crippen LogP contribution < -0.4 is 5.32 Å². The summed E-state index contributed by atoms with van der Waals surface area (Å²) in [6, 6.07) is 7.70. The molecule has 3 nitrogen and oxygen atoms in total. The van der Waals surface area contributed by atoms with E-state index in [0.717, 1.165) is 10.0 Å². The fourth-order valence-corrected chi connectivity index (χ4v) is 1.88. The Hall–Kier alpha value is -1.03. The van der Waals surface area contributed by atoms with Gasteiger partial charge in [-0.25, -0.2) is 4.79 Å². The monoisotopic (exact) mass is 271 g/mol. The highest BCUT2D eigenvalue weighted by Gasteiger charge is 2.11. The molecule has 82 valence electrons. The molecule has 0 saturated heterocycles. The molecule has 0 heterocycles. The largest absolute Gasteiger partial charge is 0.450 e. The first-order valence-corrected chi connectivity index (χ1v) is 5.62. The second-order valence-corrected chi connectivity index (χ2v) is 3.96. The van der Waals surface area contributed by atoms with Crippen molar-refractivity contribution in [3.05, 3.63) is 34.3 Å². The lowest BCUT2D eigenvalue weighted by Crippen LogP contribution is -2.27. The molecule has 0 aliphatic carbocycles. The quantitative estimate of drug-likeness (QED) is 0.917. The number of hydrogen-bond donors (Lipinski definition) is 1. The van der Waals surface area contributed by atoms with Gasteiger partial charge in [0.15, 0.2) is 0 Å². The lowest BCUT2D eigenvalue weighted by Gasteiger charge is -2.15. The summed E-state index contributed by atoms with van der Waals surface area (Å²) in [5.74, 6) is 0. The molecule has 0 spiro atoms. The molecule has 0 aliphatic rings. The van der Waals surface area contributed by atoms with Crippen LogP contribution >= 0.6 is 15.9 Å². The highest BCUT2D eigenvalue weighted by Crippen LogP contribution is 2.22. The first-order chi connectivity index (χ1) is 7.15. The van der Waals surface area contributed by atoms with E-state index in [1.165, 1.54) is 0 Å². The first kappa shape index (κ1) is 12.0. The van der Waals surface area contributed by atoms with Crippen LogP contribution in [0.15, 0.2) is 28.7 Å². The molecule has 0 aromatic heterocycles. The van der Waals surface area contributed by atoms with Gasteiger partial charge in [-0.05, 0) is 25.5 Å². The van der Waals surface area contributed by atoms with Crippen LogP contribution in [0.2, 0.25) is 0 Å². The number of ether oxygens (including phenoxy) is 1. The Morgan fingerprint density at radius 2 is 2.20 bits per heavy atom. The van der Waals surface area contributed by atoms with Crippen molar-refractivity contribution in [2.24, 2.45) is 0 Å².